The van der Waals surface area contributed by atoms with Crippen LogP contribution in [0.5, 0.6) is 5.75 Å². The van der Waals surface area contributed by atoms with Gasteiger partial charge in [0.15, 0.2) is 5.82 Å². The van der Waals surface area contributed by atoms with E-state index >= 15 is 0 Å². The third-order valence-electron chi connectivity index (χ3n) is 3.54. The summed E-state index contributed by atoms with van der Waals surface area (Å²) in [5.74, 6) is 1.03. The lowest BCUT2D eigenvalue weighted by Gasteiger charge is -2.05. The van der Waals surface area contributed by atoms with E-state index in [2.05, 4.69) is 15.5 Å². The van der Waals surface area contributed by atoms with E-state index in [0.29, 0.717) is 18.0 Å². The van der Waals surface area contributed by atoms with E-state index in [1.165, 1.54) is 5.57 Å². The van der Waals surface area contributed by atoms with Crippen molar-refractivity contribution in [2.45, 2.75) is 13.8 Å². The minimum absolute atomic E-state index is 0.195. The van der Waals surface area contributed by atoms with Gasteiger partial charge in [-0.15, -0.1) is 0 Å². The summed E-state index contributed by atoms with van der Waals surface area (Å²) in [4.78, 5) is 12.3. The summed E-state index contributed by atoms with van der Waals surface area (Å²) in [6.07, 6.45) is 2.01. The number of carbonyl (C=O) groups is 1. The topological polar surface area (TPSA) is 67.0 Å². The molecule has 5 heteroatoms. The Morgan fingerprint density at radius 2 is 2.00 bits per heavy atom. The number of allylic oxidation sites excluding steroid dienone is 1. The van der Waals surface area contributed by atoms with E-state index < -0.39 is 0 Å². The number of hydrogen-bond donors (Lipinski definition) is 2. The first-order valence-electron chi connectivity index (χ1n) is 7.74. The number of H-pyrrole nitrogens is 1. The first-order valence-corrected chi connectivity index (χ1v) is 7.74. The number of rotatable bonds is 5. The Hall–Kier alpha value is -3.08. The summed E-state index contributed by atoms with van der Waals surface area (Å²) in [5.41, 5.74) is 2.63. The summed E-state index contributed by atoms with van der Waals surface area (Å²) in [6.45, 7) is 4.57. The molecular formula is C19H19N3O2. The number of hydrogen-bond acceptors (Lipinski definition) is 3. The molecule has 3 aromatic rings. The largest absolute Gasteiger partial charge is 0.490 e. The molecule has 24 heavy (non-hydrogen) atoms. The van der Waals surface area contributed by atoms with E-state index in [-0.39, 0.29) is 5.91 Å². The molecule has 0 aliphatic carbocycles. The number of fused-ring (bicyclic) bond motifs is 1. The monoisotopic (exact) mass is 321 g/mol. The highest BCUT2D eigenvalue weighted by Gasteiger charge is 2.11. The van der Waals surface area contributed by atoms with Crippen LogP contribution >= 0.6 is 0 Å². The number of nitrogens with one attached hydrogen (secondary N) is 2. The Bertz CT molecular complexity index is 878. The van der Waals surface area contributed by atoms with Crippen LogP contribution in [0.1, 0.15) is 24.2 Å². The van der Waals surface area contributed by atoms with E-state index in [1.807, 2.05) is 56.3 Å². The van der Waals surface area contributed by atoms with Crippen molar-refractivity contribution < 1.29 is 9.53 Å². The fraction of sp³-hybridized carbons (Fsp3) is 0.158. The molecule has 5 nitrogen and oxygen atoms in total. The lowest BCUT2D eigenvalue weighted by atomic mass is 10.2. The van der Waals surface area contributed by atoms with Crippen LogP contribution in [0.3, 0.4) is 0 Å². The van der Waals surface area contributed by atoms with Crippen molar-refractivity contribution in [3.8, 4) is 5.75 Å². The molecule has 0 spiro atoms. The van der Waals surface area contributed by atoms with Crippen LogP contribution in [-0.4, -0.2) is 22.7 Å². The lowest BCUT2D eigenvalue weighted by Crippen LogP contribution is -2.12. The van der Waals surface area contributed by atoms with Crippen LogP contribution in [0.25, 0.3) is 10.9 Å². The van der Waals surface area contributed by atoms with Gasteiger partial charge in [-0.25, -0.2) is 0 Å². The van der Waals surface area contributed by atoms with Gasteiger partial charge >= 0.3 is 0 Å². The normalized spacial score (nSPS) is 10.4. The molecule has 1 heterocycles. The van der Waals surface area contributed by atoms with Gasteiger partial charge < -0.3 is 10.1 Å². The number of benzene rings is 2. The standard InChI is InChI=1S/C19H19N3O2/c1-13(2)10-11-24-15-8-9-17-16(12-15)18(22-21-17)20-19(23)14-6-4-3-5-7-14/h3-10,12H,11H2,1-2H3,(H2,20,21,22,23). The fourth-order valence-corrected chi connectivity index (χ4v) is 2.25. The van der Waals surface area contributed by atoms with E-state index in [1.54, 1.807) is 12.1 Å². The quantitative estimate of drug-likeness (QED) is 0.693. The number of nitrogens with zero attached hydrogens (tertiary/aromatic N) is 1. The minimum Gasteiger partial charge on any atom is -0.490 e. The molecule has 2 N–H and O–H groups in total. The molecule has 1 amide bonds. The number of anilines is 1. The van der Waals surface area contributed by atoms with Crippen molar-refractivity contribution in [3.63, 3.8) is 0 Å². The highest BCUT2D eigenvalue weighted by molar-refractivity contribution is 6.07. The average Bonchev–Trinajstić information content (AvgIpc) is 2.98. The second kappa shape index (κ2) is 7.00. The number of carbonyl (C=O) groups excluding carboxylic acids is 1. The van der Waals surface area contributed by atoms with Gasteiger partial charge in [-0.3, -0.25) is 9.89 Å². The van der Waals surface area contributed by atoms with Crippen LogP contribution in [0.2, 0.25) is 0 Å². The third-order valence-corrected chi connectivity index (χ3v) is 3.54. The molecule has 0 atom stereocenters. The van der Waals surface area contributed by atoms with Crippen molar-refractivity contribution >= 4 is 22.6 Å². The van der Waals surface area contributed by atoms with Gasteiger partial charge in [0, 0.05) is 10.9 Å². The maximum absolute atomic E-state index is 12.3. The summed E-state index contributed by atoms with van der Waals surface area (Å²) in [5, 5.41) is 10.7. The summed E-state index contributed by atoms with van der Waals surface area (Å²) < 4.78 is 5.71. The highest BCUT2D eigenvalue weighted by atomic mass is 16.5. The Kier molecular flexibility index (Phi) is 4.61. The predicted molar refractivity (Wildman–Crippen MR) is 95.4 cm³/mol. The summed E-state index contributed by atoms with van der Waals surface area (Å²) >= 11 is 0. The molecule has 1 aromatic heterocycles. The summed E-state index contributed by atoms with van der Waals surface area (Å²) in [6, 6.07) is 14.7. The first-order chi connectivity index (χ1) is 11.6. The van der Waals surface area contributed by atoms with Gasteiger partial charge in [-0.1, -0.05) is 23.8 Å². The second-order valence-electron chi connectivity index (χ2n) is 5.69. The molecule has 0 radical (unpaired) electrons. The zero-order chi connectivity index (χ0) is 16.9. The molecular weight excluding hydrogens is 302 g/mol. The lowest BCUT2D eigenvalue weighted by molar-refractivity contribution is 0.102. The molecule has 0 aliphatic rings. The second-order valence-corrected chi connectivity index (χ2v) is 5.69. The maximum atomic E-state index is 12.3. The van der Waals surface area contributed by atoms with Crippen LogP contribution in [-0.2, 0) is 0 Å². The Labute approximate surface area is 140 Å². The molecule has 0 aliphatic heterocycles. The number of aromatic amines is 1. The molecule has 0 saturated carbocycles. The van der Waals surface area contributed by atoms with Gasteiger partial charge in [-0.05, 0) is 50.3 Å². The molecule has 0 fully saturated rings. The van der Waals surface area contributed by atoms with Gasteiger partial charge in [-0.2, -0.15) is 5.10 Å². The van der Waals surface area contributed by atoms with Gasteiger partial charge in [0.1, 0.15) is 12.4 Å². The molecule has 2 aromatic carbocycles. The predicted octanol–water partition coefficient (Wildman–Crippen LogP) is 4.16. The van der Waals surface area contributed by atoms with Crippen LogP contribution < -0.4 is 10.1 Å². The Morgan fingerprint density at radius 3 is 2.75 bits per heavy atom. The Balaban J connectivity index is 1.81. The van der Waals surface area contributed by atoms with Crippen molar-refractivity contribution in [3.05, 3.63) is 65.7 Å². The smallest absolute Gasteiger partial charge is 0.256 e. The first kappa shape index (κ1) is 15.8. The van der Waals surface area contributed by atoms with Crippen LogP contribution in [0.15, 0.2) is 60.2 Å². The zero-order valence-corrected chi connectivity index (χ0v) is 13.7. The summed E-state index contributed by atoms with van der Waals surface area (Å²) in [7, 11) is 0. The van der Waals surface area contributed by atoms with Crippen molar-refractivity contribution in [1.29, 1.82) is 0 Å². The van der Waals surface area contributed by atoms with Crippen molar-refractivity contribution in [1.82, 2.24) is 10.2 Å². The van der Waals surface area contributed by atoms with Crippen molar-refractivity contribution in [2.24, 2.45) is 0 Å². The average molecular weight is 321 g/mol. The number of amides is 1. The molecule has 0 bridgehead atoms. The highest BCUT2D eigenvalue weighted by Crippen LogP contribution is 2.25. The van der Waals surface area contributed by atoms with Crippen molar-refractivity contribution in [2.75, 3.05) is 11.9 Å². The van der Waals surface area contributed by atoms with Gasteiger partial charge in [0.25, 0.3) is 5.91 Å². The van der Waals surface area contributed by atoms with Crippen LogP contribution in [0, 0.1) is 0 Å². The maximum Gasteiger partial charge on any atom is 0.256 e. The molecule has 0 saturated heterocycles. The number of aromatic nitrogens is 2. The van der Waals surface area contributed by atoms with Gasteiger partial charge in [0.05, 0.1) is 5.52 Å². The fourth-order valence-electron chi connectivity index (χ4n) is 2.25. The van der Waals surface area contributed by atoms with E-state index in [9.17, 15) is 4.79 Å². The van der Waals surface area contributed by atoms with Gasteiger partial charge in [0.2, 0.25) is 0 Å². The minimum atomic E-state index is -0.195. The Morgan fingerprint density at radius 1 is 1.21 bits per heavy atom. The molecule has 0 unspecified atom stereocenters. The molecule has 3 rings (SSSR count). The SMILES string of the molecule is CC(C)=CCOc1ccc2[nH]nc(NC(=O)c3ccccc3)c2c1. The zero-order valence-electron chi connectivity index (χ0n) is 13.7. The third kappa shape index (κ3) is 3.63. The van der Waals surface area contributed by atoms with Crippen LogP contribution in [0.4, 0.5) is 5.82 Å². The number of ether oxygens (including phenoxy) is 1. The van der Waals surface area contributed by atoms with E-state index in [0.717, 1.165) is 16.7 Å². The van der Waals surface area contributed by atoms with E-state index in [4.69, 9.17) is 4.74 Å². The molecule has 122 valence electrons.